The van der Waals surface area contributed by atoms with Crippen molar-refractivity contribution in [3.63, 3.8) is 0 Å². The van der Waals surface area contributed by atoms with Gasteiger partial charge in [-0.2, -0.15) is 0 Å². The van der Waals surface area contributed by atoms with Crippen molar-refractivity contribution in [3.8, 4) is 17.2 Å². The first-order valence-electron chi connectivity index (χ1n) is 11.2. The number of aromatic nitrogens is 2. The fourth-order valence-electron chi connectivity index (χ4n) is 3.53. The van der Waals surface area contributed by atoms with E-state index < -0.39 is 11.9 Å². The summed E-state index contributed by atoms with van der Waals surface area (Å²) in [4.78, 5) is 36.4. The lowest BCUT2D eigenvalue weighted by Gasteiger charge is -2.15. The predicted molar refractivity (Wildman–Crippen MR) is 130 cm³/mol. The van der Waals surface area contributed by atoms with Crippen molar-refractivity contribution in [2.24, 2.45) is 4.99 Å². The molecule has 3 rings (SSSR count). The van der Waals surface area contributed by atoms with Gasteiger partial charge < -0.3 is 35.3 Å². The smallest absolute Gasteiger partial charge is 0.303 e. The molecule has 35 heavy (non-hydrogen) atoms. The predicted octanol–water partition coefficient (Wildman–Crippen LogP) is 2.20. The van der Waals surface area contributed by atoms with Crippen LogP contribution in [0.1, 0.15) is 30.7 Å². The van der Waals surface area contributed by atoms with Gasteiger partial charge in [-0.3, -0.25) is 14.6 Å². The molecule has 12 nitrogen and oxygen atoms in total. The van der Waals surface area contributed by atoms with E-state index in [9.17, 15) is 9.59 Å². The third kappa shape index (κ3) is 6.57. The zero-order valence-corrected chi connectivity index (χ0v) is 20.0. The number of nitrogens with zero attached hydrogens (tertiary/aromatic N) is 3. The van der Waals surface area contributed by atoms with E-state index in [0.717, 1.165) is 13.0 Å². The molecule has 0 saturated heterocycles. The molecule has 0 radical (unpaired) electrons. The molecule has 2 heterocycles. The SMILES string of the molecule is CNCCCNc1ncnc2c1C(C=Nc1cc(OC)c(OC)c(OCCCC(=O)O)c1)C(=O)N2. The van der Waals surface area contributed by atoms with Gasteiger partial charge in [0.1, 0.15) is 23.9 Å². The Morgan fingerprint density at radius 2 is 2.00 bits per heavy atom. The summed E-state index contributed by atoms with van der Waals surface area (Å²) in [6, 6.07) is 3.30. The molecule has 0 fully saturated rings. The third-order valence-corrected chi connectivity index (χ3v) is 5.21. The molecule has 1 aromatic heterocycles. The Morgan fingerprint density at radius 3 is 2.71 bits per heavy atom. The van der Waals surface area contributed by atoms with Crippen LogP contribution in [0.25, 0.3) is 0 Å². The summed E-state index contributed by atoms with van der Waals surface area (Å²) in [6.45, 7) is 1.71. The molecule has 1 aliphatic heterocycles. The second-order valence-corrected chi connectivity index (χ2v) is 7.64. The summed E-state index contributed by atoms with van der Waals surface area (Å²) < 4.78 is 16.5. The van der Waals surface area contributed by atoms with Crippen LogP contribution in [0.3, 0.4) is 0 Å². The molecular weight excluding hydrogens is 456 g/mol. The number of anilines is 2. The lowest BCUT2D eigenvalue weighted by Crippen LogP contribution is -2.16. The summed E-state index contributed by atoms with van der Waals surface area (Å²) in [6.07, 6.45) is 4.13. The first-order valence-corrected chi connectivity index (χ1v) is 11.2. The highest BCUT2D eigenvalue weighted by atomic mass is 16.5. The van der Waals surface area contributed by atoms with E-state index in [1.54, 1.807) is 12.1 Å². The quantitative estimate of drug-likeness (QED) is 0.230. The van der Waals surface area contributed by atoms with Gasteiger partial charge in [-0.05, 0) is 26.4 Å². The maximum atomic E-state index is 12.7. The van der Waals surface area contributed by atoms with Gasteiger partial charge in [0.2, 0.25) is 11.7 Å². The molecule has 2 aromatic rings. The van der Waals surface area contributed by atoms with Gasteiger partial charge in [0.05, 0.1) is 32.1 Å². The van der Waals surface area contributed by atoms with Crippen LogP contribution in [0, 0.1) is 0 Å². The monoisotopic (exact) mass is 486 g/mol. The average Bonchev–Trinajstić information content (AvgIpc) is 3.18. The summed E-state index contributed by atoms with van der Waals surface area (Å²) in [5, 5.41) is 17.9. The number of aliphatic carboxylic acids is 1. The number of hydrogen-bond donors (Lipinski definition) is 4. The maximum Gasteiger partial charge on any atom is 0.303 e. The number of carboxylic acids is 1. The van der Waals surface area contributed by atoms with Crippen LogP contribution < -0.4 is 30.2 Å². The summed E-state index contributed by atoms with van der Waals surface area (Å²) in [5.41, 5.74) is 1.11. The number of ether oxygens (including phenoxy) is 3. The second-order valence-electron chi connectivity index (χ2n) is 7.64. The van der Waals surface area contributed by atoms with Gasteiger partial charge in [0, 0.05) is 31.3 Å². The Hall–Kier alpha value is -3.93. The van der Waals surface area contributed by atoms with Gasteiger partial charge in [-0.1, -0.05) is 0 Å². The van der Waals surface area contributed by atoms with Crippen molar-refractivity contribution in [1.29, 1.82) is 0 Å². The summed E-state index contributed by atoms with van der Waals surface area (Å²) in [7, 11) is 4.86. The lowest BCUT2D eigenvalue weighted by molar-refractivity contribution is -0.137. The molecule has 0 aliphatic carbocycles. The number of methoxy groups -OCH3 is 2. The molecule has 1 atom stereocenters. The van der Waals surface area contributed by atoms with Crippen molar-refractivity contribution in [1.82, 2.24) is 15.3 Å². The lowest BCUT2D eigenvalue weighted by atomic mass is 10.0. The van der Waals surface area contributed by atoms with E-state index in [-0.39, 0.29) is 18.9 Å². The molecule has 1 amide bonds. The van der Waals surface area contributed by atoms with Gasteiger partial charge >= 0.3 is 5.97 Å². The minimum Gasteiger partial charge on any atom is -0.493 e. The molecule has 188 valence electrons. The van der Waals surface area contributed by atoms with Crippen molar-refractivity contribution in [3.05, 3.63) is 24.0 Å². The van der Waals surface area contributed by atoms with Crippen LogP contribution in [-0.2, 0) is 9.59 Å². The van der Waals surface area contributed by atoms with Crippen LogP contribution in [0.15, 0.2) is 23.5 Å². The molecule has 12 heteroatoms. The molecular formula is C23H30N6O6. The molecule has 1 unspecified atom stereocenters. The second kappa shape index (κ2) is 12.5. The van der Waals surface area contributed by atoms with Gasteiger partial charge in [0.15, 0.2) is 11.5 Å². The first kappa shape index (κ1) is 25.7. The molecule has 0 saturated carbocycles. The van der Waals surface area contributed by atoms with Crippen LogP contribution in [0.2, 0.25) is 0 Å². The van der Waals surface area contributed by atoms with E-state index in [0.29, 0.717) is 53.1 Å². The van der Waals surface area contributed by atoms with Crippen LogP contribution >= 0.6 is 0 Å². The Kier molecular flexibility index (Phi) is 9.18. The van der Waals surface area contributed by atoms with Crippen molar-refractivity contribution in [2.45, 2.75) is 25.2 Å². The molecule has 0 spiro atoms. The number of rotatable bonds is 14. The number of hydrogen-bond acceptors (Lipinski definition) is 10. The van der Waals surface area contributed by atoms with E-state index >= 15 is 0 Å². The van der Waals surface area contributed by atoms with Crippen molar-refractivity contribution < 1.29 is 28.9 Å². The third-order valence-electron chi connectivity index (χ3n) is 5.21. The molecule has 0 bridgehead atoms. The number of aliphatic imine (C=N–C) groups is 1. The fraction of sp³-hybridized carbons (Fsp3) is 0.435. The highest BCUT2D eigenvalue weighted by molar-refractivity contribution is 6.13. The van der Waals surface area contributed by atoms with Crippen molar-refractivity contribution >= 4 is 35.4 Å². The highest BCUT2D eigenvalue weighted by Crippen LogP contribution is 2.41. The number of carbonyl (C=O) groups excluding carboxylic acids is 1. The number of carboxylic acid groups (broad SMARTS) is 1. The Balaban J connectivity index is 1.83. The largest absolute Gasteiger partial charge is 0.493 e. The number of nitrogens with one attached hydrogen (secondary N) is 3. The number of amides is 1. The summed E-state index contributed by atoms with van der Waals surface area (Å²) in [5.74, 6) is 0.304. The Labute approximate surface area is 203 Å². The van der Waals surface area contributed by atoms with E-state index in [1.165, 1.54) is 26.8 Å². The first-order chi connectivity index (χ1) is 17.0. The van der Waals surface area contributed by atoms with Crippen LogP contribution in [0.4, 0.5) is 17.3 Å². The number of carbonyl (C=O) groups is 2. The topological polar surface area (TPSA) is 156 Å². The maximum absolute atomic E-state index is 12.7. The normalized spacial score (nSPS) is 14.5. The minimum absolute atomic E-state index is 0.0130. The molecule has 4 N–H and O–H groups in total. The zero-order valence-electron chi connectivity index (χ0n) is 20.0. The Bertz CT molecular complexity index is 1080. The molecule has 1 aliphatic rings. The van der Waals surface area contributed by atoms with Gasteiger partial charge in [0.25, 0.3) is 0 Å². The standard InChI is InChI=1S/C23H30N6O6/c1-24-7-5-8-25-21-19-15(23(32)29-22(19)28-13-27-21)12-26-14-10-16(33-2)20(34-3)17(11-14)35-9-4-6-18(30)31/h10-13,15,24H,4-9H2,1-3H3,(H,30,31)(H2,25,27,28,29,32). The zero-order chi connectivity index (χ0) is 25.2. The average molecular weight is 487 g/mol. The minimum atomic E-state index is -0.897. The number of fused-ring (bicyclic) bond motifs is 1. The van der Waals surface area contributed by atoms with Gasteiger partial charge in [-0.25, -0.2) is 9.97 Å². The fourth-order valence-corrected chi connectivity index (χ4v) is 3.53. The van der Waals surface area contributed by atoms with E-state index in [1.807, 2.05) is 7.05 Å². The number of benzene rings is 1. The summed E-state index contributed by atoms with van der Waals surface area (Å²) >= 11 is 0. The highest BCUT2D eigenvalue weighted by Gasteiger charge is 2.33. The Morgan fingerprint density at radius 1 is 1.20 bits per heavy atom. The van der Waals surface area contributed by atoms with E-state index in [2.05, 4.69) is 30.9 Å². The van der Waals surface area contributed by atoms with Gasteiger partial charge in [-0.15, -0.1) is 0 Å². The van der Waals surface area contributed by atoms with Crippen molar-refractivity contribution in [2.75, 3.05) is 51.6 Å². The molecule has 1 aromatic carbocycles. The van der Waals surface area contributed by atoms with E-state index in [4.69, 9.17) is 19.3 Å². The van der Waals surface area contributed by atoms with Crippen LogP contribution in [-0.4, -0.2) is 74.1 Å². The van der Waals surface area contributed by atoms with Crippen LogP contribution in [0.5, 0.6) is 17.2 Å².